The number of hydrogen-bond donors (Lipinski definition) is 2. The number of rotatable bonds is 8. The van der Waals surface area contributed by atoms with E-state index in [1.54, 1.807) is 18.2 Å². The van der Waals surface area contributed by atoms with E-state index >= 15 is 0 Å². The zero-order valence-corrected chi connectivity index (χ0v) is 18.0. The SMILES string of the molecule is COc1ccccc1NS(=O)(=O)c1cc([N+](=O)[O-])ccc1NN=Cc1c(F)cccc1Cl. The molecular formula is C20H16ClFN4O5S. The summed E-state index contributed by atoms with van der Waals surface area (Å²) in [5, 5.41) is 15.1. The number of para-hydroxylation sites is 2. The first kappa shape index (κ1) is 23.0. The fourth-order valence-corrected chi connectivity index (χ4v) is 4.13. The quantitative estimate of drug-likeness (QED) is 0.276. The molecule has 2 N–H and O–H groups in total. The van der Waals surface area contributed by atoms with Crippen molar-refractivity contribution in [2.75, 3.05) is 17.3 Å². The Kier molecular flexibility index (Phi) is 6.91. The summed E-state index contributed by atoms with van der Waals surface area (Å²) < 4.78 is 47.5. The number of nitro groups is 1. The second-order valence-corrected chi connectivity index (χ2v) is 8.31. The van der Waals surface area contributed by atoms with Gasteiger partial charge < -0.3 is 4.74 Å². The number of nitrogens with one attached hydrogen (secondary N) is 2. The van der Waals surface area contributed by atoms with E-state index in [1.165, 1.54) is 37.4 Å². The summed E-state index contributed by atoms with van der Waals surface area (Å²) in [5.74, 6) is -0.374. The van der Waals surface area contributed by atoms with Gasteiger partial charge in [0.1, 0.15) is 16.5 Å². The van der Waals surface area contributed by atoms with Crippen LogP contribution < -0.4 is 14.9 Å². The molecule has 0 aromatic heterocycles. The maximum absolute atomic E-state index is 13.9. The maximum atomic E-state index is 13.9. The Morgan fingerprint density at radius 1 is 1.12 bits per heavy atom. The molecular weight excluding hydrogens is 463 g/mol. The van der Waals surface area contributed by atoms with E-state index < -0.39 is 31.3 Å². The maximum Gasteiger partial charge on any atom is 0.270 e. The third kappa shape index (κ3) is 5.13. The van der Waals surface area contributed by atoms with Gasteiger partial charge in [-0.2, -0.15) is 5.10 Å². The number of anilines is 2. The molecule has 0 saturated heterocycles. The zero-order chi connectivity index (χ0) is 23.3. The molecule has 0 heterocycles. The van der Waals surface area contributed by atoms with Gasteiger partial charge in [-0.3, -0.25) is 20.3 Å². The van der Waals surface area contributed by atoms with E-state index in [0.29, 0.717) is 0 Å². The molecule has 0 aliphatic rings. The molecule has 0 saturated carbocycles. The number of halogens is 2. The van der Waals surface area contributed by atoms with Crippen molar-refractivity contribution in [3.63, 3.8) is 0 Å². The smallest absolute Gasteiger partial charge is 0.270 e. The number of ether oxygens (including phenoxy) is 1. The van der Waals surface area contributed by atoms with Crippen LogP contribution in [0.3, 0.4) is 0 Å². The lowest BCUT2D eigenvalue weighted by molar-refractivity contribution is -0.385. The van der Waals surface area contributed by atoms with Crippen molar-refractivity contribution >= 4 is 44.9 Å². The van der Waals surface area contributed by atoms with Crippen LogP contribution in [0.15, 0.2) is 70.7 Å². The van der Waals surface area contributed by atoms with Gasteiger partial charge >= 0.3 is 0 Å². The lowest BCUT2D eigenvalue weighted by Crippen LogP contribution is -2.15. The van der Waals surface area contributed by atoms with Gasteiger partial charge in [0.15, 0.2) is 0 Å². The molecule has 0 aliphatic heterocycles. The number of sulfonamides is 1. The Morgan fingerprint density at radius 3 is 2.56 bits per heavy atom. The van der Waals surface area contributed by atoms with Crippen LogP contribution in [0, 0.1) is 15.9 Å². The van der Waals surface area contributed by atoms with Crippen molar-refractivity contribution in [1.29, 1.82) is 0 Å². The second kappa shape index (κ2) is 9.62. The van der Waals surface area contributed by atoms with Crippen LogP contribution in [0.4, 0.5) is 21.5 Å². The summed E-state index contributed by atoms with van der Waals surface area (Å²) >= 11 is 5.94. The predicted molar refractivity (Wildman–Crippen MR) is 120 cm³/mol. The molecule has 3 rings (SSSR count). The number of hydrazone groups is 1. The van der Waals surface area contributed by atoms with Gasteiger partial charge in [-0.05, 0) is 30.3 Å². The first-order chi connectivity index (χ1) is 15.2. The number of methoxy groups -OCH3 is 1. The topological polar surface area (TPSA) is 123 Å². The average Bonchev–Trinajstić information content (AvgIpc) is 2.76. The number of nitro benzene ring substituents is 1. The van der Waals surface area contributed by atoms with E-state index in [9.17, 15) is 22.9 Å². The first-order valence-corrected chi connectivity index (χ1v) is 10.8. The molecule has 0 aliphatic carbocycles. The normalized spacial score (nSPS) is 11.3. The molecule has 0 spiro atoms. The lowest BCUT2D eigenvalue weighted by atomic mass is 10.2. The summed E-state index contributed by atoms with van der Waals surface area (Å²) in [4.78, 5) is 10.0. The minimum Gasteiger partial charge on any atom is -0.495 e. The van der Waals surface area contributed by atoms with Gasteiger partial charge in [0.05, 0.1) is 34.6 Å². The molecule has 166 valence electrons. The van der Waals surface area contributed by atoms with E-state index in [1.807, 2.05) is 0 Å². The molecule has 0 bridgehead atoms. The van der Waals surface area contributed by atoms with Gasteiger partial charge in [-0.15, -0.1) is 0 Å². The zero-order valence-electron chi connectivity index (χ0n) is 16.5. The summed E-state index contributed by atoms with van der Waals surface area (Å²) in [6.45, 7) is 0. The minimum atomic E-state index is -4.31. The lowest BCUT2D eigenvalue weighted by Gasteiger charge is -2.14. The van der Waals surface area contributed by atoms with Gasteiger partial charge in [0.25, 0.3) is 15.7 Å². The van der Waals surface area contributed by atoms with Crippen LogP contribution in [-0.4, -0.2) is 26.7 Å². The van der Waals surface area contributed by atoms with Crippen LogP contribution >= 0.6 is 11.6 Å². The highest BCUT2D eigenvalue weighted by Crippen LogP contribution is 2.31. The summed E-state index contributed by atoms with van der Waals surface area (Å²) in [7, 11) is -2.94. The van der Waals surface area contributed by atoms with Crippen molar-refractivity contribution in [2.24, 2.45) is 5.10 Å². The highest BCUT2D eigenvalue weighted by molar-refractivity contribution is 7.93. The first-order valence-electron chi connectivity index (χ1n) is 8.90. The van der Waals surface area contributed by atoms with Crippen molar-refractivity contribution in [2.45, 2.75) is 4.90 Å². The molecule has 0 fully saturated rings. The van der Waals surface area contributed by atoms with Gasteiger partial charge in [0, 0.05) is 17.7 Å². The highest BCUT2D eigenvalue weighted by Gasteiger charge is 2.23. The predicted octanol–water partition coefficient (Wildman–Crippen LogP) is 4.64. The van der Waals surface area contributed by atoms with Gasteiger partial charge in [0.2, 0.25) is 0 Å². The molecule has 32 heavy (non-hydrogen) atoms. The Labute approximate surface area is 187 Å². The largest absolute Gasteiger partial charge is 0.495 e. The molecule has 0 amide bonds. The van der Waals surface area contributed by atoms with Crippen LogP contribution in [0.2, 0.25) is 5.02 Å². The molecule has 0 unspecified atom stereocenters. The summed E-state index contributed by atoms with van der Waals surface area (Å²) in [5.41, 5.74) is 2.06. The van der Waals surface area contributed by atoms with Crippen LogP contribution in [0.25, 0.3) is 0 Å². The van der Waals surface area contributed by atoms with Crippen molar-refractivity contribution < 1.29 is 22.5 Å². The minimum absolute atomic E-state index is 0.0138. The Balaban J connectivity index is 1.99. The monoisotopic (exact) mass is 478 g/mol. The summed E-state index contributed by atoms with van der Waals surface area (Å²) in [6.07, 6.45) is 1.07. The fraction of sp³-hybridized carbons (Fsp3) is 0.0500. The van der Waals surface area contributed by atoms with Crippen molar-refractivity contribution in [1.82, 2.24) is 0 Å². The molecule has 12 heteroatoms. The molecule has 3 aromatic carbocycles. The highest BCUT2D eigenvalue weighted by atomic mass is 35.5. The van der Waals surface area contributed by atoms with Gasteiger partial charge in [-0.25, -0.2) is 12.8 Å². The number of nitrogens with zero attached hydrogens (tertiary/aromatic N) is 2. The van der Waals surface area contributed by atoms with Crippen LogP contribution in [0.1, 0.15) is 5.56 Å². The fourth-order valence-electron chi connectivity index (χ4n) is 2.67. The standard InChI is InChI=1S/C20H16ClFN4O5S/c1-31-19-8-3-2-7-17(19)25-32(29,30)20-11-13(26(27)28)9-10-18(20)24-23-12-14-15(21)5-4-6-16(14)22/h2-12,24-25H,1H3. The van der Waals surface area contributed by atoms with E-state index in [-0.39, 0.29) is 27.7 Å². The average molecular weight is 479 g/mol. The molecule has 0 radical (unpaired) electrons. The van der Waals surface area contributed by atoms with E-state index in [4.69, 9.17) is 16.3 Å². The number of benzene rings is 3. The Bertz CT molecular complexity index is 1280. The van der Waals surface area contributed by atoms with E-state index in [2.05, 4.69) is 15.2 Å². The molecule has 9 nitrogen and oxygen atoms in total. The molecule has 0 atom stereocenters. The Morgan fingerprint density at radius 2 is 1.88 bits per heavy atom. The molecule has 3 aromatic rings. The van der Waals surface area contributed by atoms with Crippen molar-refractivity contribution in [3.8, 4) is 5.75 Å². The number of hydrogen-bond acceptors (Lipinski definition) is 7. The Hall–Kier alpha value is -3.70. The second-order valence-electron chi connectivity index (χ2n) is 6.25. The third-order valence-corrected chi connectivity index (χ3v) is 5.93. The van der Waals surface area contributed by atoms with Gasteiger partial charge in [-0.1, -0.05) is 29.8 Å². The van der Waals surface area contributed by atoms with Crippen LogP contribution in [-0.2, 0) is 10.0 Å². The van der Waals surface area contributed by atoms with Crippen LogP contribution in [0.5, 0.6) is 5.75 Å². The number of non-ortho nitro benzene ring substituents is 1. The van der Waals surface area contributed by atoms with E-state index in [0.717, 1.165) is 18.3 Å². The summed E-state index contributed by atoms with van der Waals surface area (Å²) in [6, 6.07) is 13.5. The van der Waals surface area contributed by atoms with Crippen molar-refractivity contribution in [3.05, 3.63) is 87.2 Å². The third-order valence-electron chi connectivity index (χ3n) is 4.20.